The number of pyridine rings is 1. The van der Waals surface area contributed by atoms with Gasteiger partial charge in [-0.2, -0.15) is 0 Å². The first-order valence-electron chi connectivity index (χ1n) is 14.2. The van der Waals surface area contributed by atoms with Crippen molar-refractivity contribution in [2.75, 3.05) is 35.7 Å². The standard InChI is InChI=1S/C33H32ClN5O4/c1-43-30-7-3-2-5-23(30)17-35-32(41)22-9-14-29(27(16-22)37-33(42)36-26-12-10-25(34)11-13-26)38-18-21-15-24(20-38)28-6-4-8-31(40)39(28)19-21/h2-14,16,21,24H,15,17-20H2,1H3,(H,35,41)(H2,36,37,42). The second-order valence-corrected chi connectivity index (χ2v) is 11.4. The molecular weight excluding hydrogens is 566 g/mol. The second-order valence-electron chi connectivity index (χ2n) is 10.9. The Kier molecular flexibility index (Phi) is 8.07. The molecule has 0 saturated carbocycles. The lowest BCUT2D eigenvalue weighted by Gasteiger charge is -2.44. The van der Waals surface area contributed by atoms with Gasteiger partial charge in [0.1, 0.15) is 5.75 Å². The molecule has 0 spiro atoms. The molecule has 4 aromatic rings. The summed E-state index contributed by atoms with van der Waals surface area (Å²) >= 11 is 6.00. The number of anilines is 3. The quantitative estimate of drug-likeness (QED) is 0.253. The number of urea groups is 1. The van der Waals surface area contributed by atoms with Crippen LogP contribution in [-0.4, -0.2) is 36.7 Å². The number of fused-ring (bicyclic) bond motifs is 4. The number of rotatable bonds is 7. The number of carbonyl (C=O) groups is 2. The van der Waals surface area contributed by atoms with Gasteiger partial charge in [0, 0.05) is 65.7 Å². The molecule has 1 aromatic heterocycles. The molecule has 2 unspecified atom stereocenters. The van der Waals surface area contributed by atoms with Gasteiger partial charge in [-0.05, 0) is 66.9 Å². The van der Waals surface area contributed by atoms with E-state index in [0.717, 1.165) is 29.9 Å². The van der Waals surface area contributed by atoms with E-state index in [-0.39, 0.29) is 23.3 Å². The summed E-state index contributed by atoms with van der Waals surface area (Å²) in [5.74, 6) is 0.883. The van der Waals surface area contributed by atoms with E-state index in [9.17, 15) is 14.4 Å². The Morgan fingerprint density at radius 1 is 0.930 bits per heavy atom. The average molecular weight is 598 g/mol. The number of amides is 3. The summed E-state index contributed by atoms with van der Waals surface area (Å²) in [4.78, 5) is 41.1. The van der Waals surface area contributed by atoms with Crippen molar-refractivity contribution in [1.29, 1.82) is 0 Å². The number of aromatic nitrogens is 1. The van der Waals surface area contributed by atoms with Crippen LogP contribution in [0, 0.1) is 5.92 Å². The maximum atomic E-state index is 13.3. The number of methoxy groups -OCH3 is 1. The number of piperidine rings is 1. The first-order chi connectivity index (χ1) is 20.9. The number of hydrogen-bond donors (Lipinski definition) is 3. The van der Waals surface area contributed by atoms with Gasteiger partial charge < -0.3 is 30.2 Å². The van der Waals surface area contributed by atoms with Crippen LogP contribution < -0.4 is 31.1 Å². The van der Waals surface area contributed by atoms with Crippen LogP contribution in [0.5, 0.6) is 5.75 Å². The van der Waals surface area contributed by atoms with Crippen LogP contribution in [0.1, 0.15) is 34.0 Å². The Morgan fingerprint density at radius 3 is 2.56 bits per heavy atom. The largest absolute Gasteiger partial charge is 0.496 e. The van der Waals surface area contributed by atoms with E-state index in [4.69, 9.17) is 16.3 Å². The zero-order chi connectivity index (χ0) is 29.9. The number of nitrogens with one attached hydrogen (secondary N) is 3. The van der Waals surface area contributed by atoms with Gasteiger partial charge in [-0.1, -0.05) is 35.9 Å². The molecule has 3 heterocycles. The van der Waals surface area contributed by atoms with Crippen molar-refractivity contribution in [2.24, 2.45) is 5.92 Å². The van der Waals surface area contributed by atoms with Crippen molar-refractivity contribution in [2.45, 2.75) is 25.4 Å². The molecule has 9 nitrogen and oxygen atoms in total. The van der Waals surface area contributed by atoms with Gasteiger partial charge in [-0.3, -0.25) is 9.59 Å². The SMILES string of the molecule is COc1ccccc1CNC(=O)c1ccc(N2CC3CC(C2)c2cccc(=O)n2C3)c(NC(=O)Nc2ccc(Cl)cc2)c1. The van der Waals surface area contributed by atoms with Crippen LogP contribution in [0.25, 0.3) is 0 Å². The molecule has 6 rings (SSSR count). The highest BCUT2D eigenvalue weighted by Gasteiger charge is 2.35. The van der Waals surface area contributed by atoms with E-state index in [2.05, 4.69) is 20.9 Å². The second kappa shape index (κ2) is 12.2. The molecule has 1 saturated heterocycles. The molecule has 1 fully saturated rings. The summed E-state index contributed by atoms with van der Waals surface area (Å²) in [6.07, 6.45) is 1.00. The van der Waals surface area contributed by atoms with Crippen LogP contribution in [0.3, 0.4) is 0 Å². The lowest BCUT2D eigenvalue weighted by atomic mass is 9.83. The van der Waals surface area contributed by atoms with Crippen molar-refractivity contribution in [3.05, 3.63) is 117 Å². The van der Waals surface area contributed by atoms with Crippen molar-refractivity contribution >= 4 is 40.6 Å². The fourth-order valence-corrected chi connectivity index (χ4v) is 6.22. The Labute approximate surface area is 254 Å². The molecule has 2 atom stereocenters. The normalized spacial score (nSPS) is 17.0. The highest BCUT2D eigenvalue weighted by molar-refractivity contribution is 6.30. The highest BCUT2D eigenvalue weighted by atomic mass is 35.5. The van der Waals surface area contributed by atoms with E-state index in [1.807, 2.05) is 47.0 Å². The van der Waals surface area contributed by atoms with E-state index in [1.165, 1.54) is 0 Å². The van der Waals surface area contributed by atoms with E-state index in [1.54, 1.807) is 49.6 Å². The summed E-state index contributed by atoms with van der Waals surface area (Å²) < 4.78 is 7.30. The predicted molar refractivity (Wildman–Crippen MR) is 168 cm³/mol. The summed E-state index contributed by atoms with van der Waals surface area (Å²) in [6.45, 7) is 2.36. The number of nitrogens with zero attached hydrogens (tertiary/aromatic N) is 2. The molecule has 2 aliphatic rings. The third-order valence-electron chi connectivity index (χ3n) is 8.06. The van der Waals surface area contributed by atoms with E-state index < -0.39 is 6.03 Å². The lowest BCUT2D eigenvalue weighted by molar-refractivity contribution is 0.0950. The smallest absolute Gasteiger partial charge is 0.323 e. The molecule has 3 aromatic carbocycles. The Morgan fingerprint density at radius 2 is 1.74 bits per heavy atom. The van der Waals surface area contributed by atoms with Gasteiger partial charge >= 0.3 is 6.03 Å². The maximum Gasteiger partial charge on any atom is 0.323 e. The average Bonchev–Trinajstić information content (AvgIpc) is 3.01. The summed E-state index contributed by atoms with van der Waals surface area (Å²) in [7, 11) is 1.60. The molecule has 0 radical (unpaired) electrons. The van der Waals surface area contributed by atoms with Crippen LogP contribution in [0.4, 0.5) is 21.9 Å². The van der Waals surface area contributed by atoms with Crippen LogP contribution in [-0.2, 0) is 13.1 Å². The third-order valence-corrected chi connectivity index (χ3v) is 8.31. The number of benzene rings is 3. The first-order valence-corrected chi connectivity index (χ1v) is 14.6. The van der Waals surface area contributed by atoms with Gasteiger partial charge in [0.2, 0.25) is 0 Å². The number of para-hydroxylation sites is 1. The van der Waals surface area contributed by atoms with Crippen molar-refractivity contribution in [3.63, 3.8) is 0 Å². The Balaban J connectivity index is 1.26. The van der Waals surface area contributed by atoms with Gasteiger partial charge in [-0.15, -0.1) is 0 Å². The number of halogens is 1. The van der Waals surface area contributed by atoms with Crippen LogP contribution >= 0.6 is 11.6 Å². The highest BCUT2D eigenvalue weighted by Crippen LogP contribution is 2.39. The number of ether oxygens (including phenoxy) is 1. The van der Waals surface area contributed by atoms with Crippen molar-refractivity contribution in [3.8, 4) is 5.75 Å². The number of carbonyl (C=O) groups excluding carboxylic acids is 2. The molecule has 3 amide bonds. The zero-order valence-corrected chi connectivity index (χ0v) is 24.4. The van der Waals surface area contributed by atoms with E-state index in [0.29, 0.717) is 47.3 Å². The molecule has 43 heavy (non-hydrogen) atoms. The molecule has 10 heteroatoms. The van der Waals surface area contributed by atoms with Gasteiger partial charge in [0.15, 0.2) is 0 Å². The first kappa shape index (κ1) is 28.4. The third kappa shape index (κ3) is 6.22. The molecule has 3 N–H and O–H groups in total. The minimum absolute atomic E-state index is 0.0327. The van der Waals surface area contributed by atoms with Gasteiger partial charge in [0.25, 0.3) is 11.5 Å². The fourth-order valence-electron chi connectivity index (χ4n) is 6.09. The molecular formula is C33H32ClN5O4. The zero-order valence-electron chi connectivity index (χ0n) is 23.7. The summed E-state index contributed by atoms with van der Waals surface area (Å²) in [5, 5.41) is 9.33. The minimum Gasteiger partial charge on any atom is -0.496 e. The van der Waals surface area contributed by atoms with Crippen molar-refractivity contribution < 1.29 is 14.3 Å². The molecule has 2 bridgehead atoms. The summed E-state index contributed by atoms with van der Waals surface area (Å²) in [5.41, 5.74) is 4.25. The topological polar surface area (TPSA) is 105 Å². The molecule has 2 aliphatic heterocycles. The van der Waals surface area contributed by atoms with Gasteiger partial charge in [-0.25, -0.2) is 4.79 Å². The Bertz CT molecular complexity index is 1720. The number of hydrogen-bond acceptors (Lipinski definition) is 5. The van der Waals surface area contributed by atoms with Crippen molar-refractivity contribution in [1.82, 2.24) is 9.88 Å². The van der Waals surface area contributed by atoms with Crippen LogP contribution in [0.15, 0.2) is 89.7 Å². The van der Waals surface area contributed by atoms with Gasteiger partial charge in [0.05, 0.1) is 18.5 Å². The van der Waals surface area contributed by atoms with E-state index >= 15 is 0 Å². The minimum atomic E-state index is -0.441. The Hall–Kier alpha value is -4.76. The summed E-state index contributed by atoms with van der Waals surface area (Å²) in [6, 6.07) is 24.7. The fraction of sp³-hybridized carbons (Fsp3) is 0.242. The lowest BCUT2D eigenvalue weighted by Crippen LogP contribution is -2.47. The molecule has 0 aliphatic carbocycles. The monoisotopic (exact) mass is 597 g/mol. The maximum absolute atomic E-state index is 13.3. The molecule has 220 valence electrons. The predicted octanol–water partition coefficient (Wildman–Crippen LogP) is 5.71. The van der Waals surface area contributed by atoms with Crippen LogP contribution in [0.2, 0.25) is 5.02 Å².